The van der Waals surface area contributed by atoms with Gasteiger partial charge in [-0.3, -0.25) is 9.79 Å². The Hall–Kier alpha value is -1.84. The van der Waals surface area contributed by atoms with Crippen molar-refractivity contribution in [2.24, 2.45) is 4.99 Å². The van der Waals surface area contributed by atoms with Crippen LogP contribution in [0.4, 0.5) is 0 Å². The van der Waals surface area contributed by atoms with E-state index in [9.17, 15) is 13.2 Å². The number of aliphatic imine (C=N–C) groups is 1. The fourth-order valence-corrected chi connectivity index (χ4v) is 4.94. The minimum absolute atomic E-state index is 0. The molecule has 0 aromatic heterocycles. The lowest BCUT2D eigenvalue weighted by atomic mass is 10.1. The maximum atomic E-state index is 12.8. The Morgan fingerprint density at radius 2 is 1.81 bits per heavy atom. The van der Waals surface area contributed by atoms with Crippen molar-refractivity contribution in [3.63, 3.8) is 0 Å². The summed E-state index contributed by atoms with van der Waals surface area (Å²) in [5.74, 6) is 0.591. The average molecular weight is 520 g/mol. The highest BCUT2D eigenvalue weighted by Gasteiger charge is 2.27. The van der Waals surface area contributed by atoms with Crippen molar-refractivity contribution in [3.8, 4) is 0 Å². The van der Waals surface area contributed by atoms with E-state index in [1.807, 2.05) is 24.3 Å². The largest absolute Gasteiger partial charge is 0.368 e. The van der Waals surface area contributed by atoms with Gasteiger partial charge >= 0.3 is 0 Å². The topological polar surface area (TPSA) is 82.1 Å². The molecule has 174 valence electrons. The molecule has 2 aromatic rings. The van der Waals surface area contributed by atoms with E-state index < -0.39 is 10.0 Å². The summed E-state index contributed by atoms with van der Waals surface area (Å²) in [4.78, 5) is 18.4. The molecule has 0 aliphatic carbocycles. The summed E-state index contributed by atoms with van der Waals surface area (Å²) in [5, 5.41) is 3.32. The molecule has 0 fully saturated rings. The van der Waals surface area contributed by atoms with Gasteiger partial charge in [0.2, 0.25) is 15.9 Å². The van der Waals surface area contributed by atoms with E-state index in [2.05, 4.69) is 10.3 Å². The van der Waals surface area contributed by atoms with Crippen molar-refractivity contribution in [1.82, 2.24) is 14.5 Å². The molecule has 11 heteroatoms. The zero-order valence-electron chi connectivity index (χ0n) is 17.7. The fourth-order valence-electron chi connectivity index (χ4n) is 3.09. The molecule has 0 bridgehead atoms. The minimum Gasteiger partial charge on any atom is -0.368 e. The zero-order chi connectivity index (χ0) is 22.6. The second-order valence-electron chi connectivity index (χ2n) is 7.23. The van der Waals surface area contributed by atoms with Crippen LogP contribution in [0.25, 0.3) is 0 Å². The van der Waals surface area contributed by atoms with Gasteiger partial charge < -0.3 is 10.2 Å². The van der Waals surface area contributed by atoms with E-state index in [0.29, 0.717) is 13.0 Å². The Morgan fingerprint density at radius 1 is 1.12 bits per heavy atom. The summed E-state index contributed by atoms with van der Waals surface area (Å²) in [6.07, 6.45) is 0.652. The van der Waals surface area contributed by atoms with Crippen molar-refractivity contribution in [1.29, 1.82) is 0 Å². The van der Waals surface area contributed by atoms with Crippen LogP contribution in [-0.2, 0) is 21.2 Å². The molecular weight excluding hydrogens is 495 g/mol. The molecule has 7 nitrogen and oxygen atoms in total. The Balaban J connectivity index is 0.00000363. The maximum absolute atomic E-state index is 12.8. The van der Waals surface area contributed by atoms with Gasteiger partial charge in [-0.25, -0.2) is 8.42 Å². The lowest BCUT2D eigenvalue weighted by Crippen LogP contribution is -2.40. The van der Waals surface area contributed by atoms with Gasteiger partial charge in [0.15, 0.2) is 0 Å². The number of nitrogens with zero attached hydrogens (tertiary/aromatic N) is 3. The number of hydrogen-bond acceptors (Lipinski definition) is 5. The molecule has 0 radical (unpaired) electrons. The summed E-state index contributed by atoms with van der Waals surface area (Å²) in [5.41, 5.74) is 2.12. The molecule has 0 atom stereocenters. The summed E-state index contributed by atoms with van der Waals surface area (Å²) in [7, 11) is -0.951. The number of carbonyl (C=O) groups excluding carboxylic acids is 1. The first kappa shape index (κ1) is 26.4. The van der Waals surface area contributed by atoms with Gasteiger partial charge in [0.1, 0.15) is 10.7 Å². The van der Waals surface area contributed by atoms with Crippen molar-refractivity contribution >= 4 is 57.4 Å². The Morgan fingerprint density at radius 3 is 2.44 bits per heavy atom. The maximum Gasteiger partial charge on any atom is 0.244 e. The predicted octanol–water partition coefficient (Wildman–Crippen LogP) is 3.09. The van der Waals surface area contributed by atoms with Crippen molar-refractivity contribution in [2.45, 2.75) is 11.3 Å². The smallest absolute Gasteiger partial charge is 0.244 e. The lowest BCUT2D eigenvalue weighted by molar-refractivity contribution is -0.129. The van der Waals surface area contributed by atoms with Crippen LogP contribution >= 0.6 is 35.6 Å². The number of hydrogen-bond donors (Lipinski definition) is 1. The van der Waals surface area contributed by atoms with Gasteiger partial charge in [0, 0.05) is 32.7 Å². The predicted molar refractivity (Wildman–Crippen MR) is 131 cm³/mol. The number of sulfonamides is 1. The van der Waals surface area contributed by atoms with Gasteiger partial charge in [-0.1, -0.05) is 53.5 Å². The third-order valence-electron chi connectivity index (χ3n) is 5.03. The van der Waals surface area contributed by atoms with Crippen LogP contribution in [0, 0.1) is 0 Å². The molecule has 2 aromatic carbocycles. The van der Waals surface area contributed by atoms with Crippen molar-refractivity contribution < 1.29 is 13.2 Å². The molecule has 1 aliphatic heterocycles. The standard InChI is InChI=1S/C21H24Cl2N4O3S.ClH/c1-26(13-10-15-6-8-16(9-7-15)21-24-11-12-25-21)19(28)14-27(2)31(29,30)18-5-3-4-17(22)20(18)23;/h3-9H,10-14H2,1-2H3,(H,24,25);1H. The average Bonchev–Trinajstić information content (AvgIpc) is 3.29. The van der Waals surface area contributed by atoms with Crippen LogP contribution in [0.3, 0.4) is 0 Å². The van der Waals surface area contributed by atoms with E-state index in [1.165, 1.54) is 30.1 Å². The van der Waals surface area contributed by atoms with Gasteiger partial charge in [0.25, 0.3) is 0 Å². The summed E-state index contributed by atoms with van der Waals surface area (Å²) >= 11 is 12.0. The second kappa shape index (κ2) is 11.3. The highest BCUT2D eigenvalue weighted by atomic mass is 35.5. The third kappa shape index (κ3) is 6.14. The molecule has 1 aliphatic rings. The molecule has 0 spiro atoms. The Bertz CT molecular complexity index is 1090. The summed E-state index contributed by atoms with van der Waals surface area (Å²) in [6, 6.07) is 12.4. The molecule has 0 unspecified atom stereocenters. The Labute approximate surface area is 204 Å². The first-order valence-corrected chi connectivity index (χ1v) is 11.9. The monoisotopic (exact) mass is 518 g/mol. The summed E-state index contributed by atoms with van der Waals surface area (Å²) < 4.78 is 26.5. The quantitative estimate of drug-likeness (QED) is 0.581. The van der Waals surface area contributed by atoms with Crippen LogP contribution in [0.5, 0.6) is 0 Å². The van der Waals surface area contributed by atoms with E-state index in [-0.39, 0.29) is 39.8 Å². The summed E-state index contributed by atoms with van der Waals surface area (Å²) in [6.45, 7) is 1.81. The molecule has 1 amide bonds. The number of amides is 1. The van der Waals surface area contributed by atoms with Gasteiger partial charge in [-0.2, -0.15) is 4.31 Å². The van der Waals surface area contributed by atoms with Gasteiger partial charge in [0.05, 0.1) is 23.1 Å². The van der Waals surface area contributed by atoms with Crippen molar-refractivity contribution in [3.05, 3.63) is 63.6 Å². The first-order chi connectivity index (χ1) is 14.7. The van der Waals surface area contributed by atoms with Crippen LogP contribution in [0.2, 0.25) is 10.0 Å². The van der Waals surface area contributed by atoms with Gasteiger partial charge in [-0.05, 0) is 24.1 Å². The van der Waals surface area contributed by atoms with Crippen LogP contribution in [0.15, 0.2) is 52.4 Å². The first-order valence-electron chi connectivity index (χ1n) is 9.72. The van der Waals surface area contributed by atoms with Crippen molar-refractivity contribution in [2.75, 3.05) is 40.3 Å². The Kier molecular flexibility index (Phi) is 9.36. The number of carbonyl (C=O) groups is 1. The number of rotatable bonds is 8. The highest BCUT2D eigenvalue weighted by molar-refractivity contribution is 7.89. The van der Waals surface area contributed by atoms with E-state index in [0.717, 1.165) is 34.4 Å². The fraction of sp³-hybridized carbons (Fsp3) is 0.333. The zero-order valence-corrected chi connectivity index (χ0v) is 20.9. The normalized spacial score (nSPS) is 13.3. The van der Waals surface area contributed by atoms with Gasteiger partial charge in [-0.15, -0.1) is 12.4 Å². The van der Waals surface area contributed by atoms with E-state index >= 15 is 0 Å². The van der Waals surface area contributed by atoms with Crippen LogP contribution in [0.1, 0.15) is 11.1 Å². The van der Waals surface area contributed by atoms with E-state index in [1.54, 1.807) is 7.05 Å². The third-order valence-corrected chi connectivity index (χ3v) is 7.80. The number of likely N-dealkylation sites (N-methyl/N-ethyl adjacent to an activating group) is 2. The van der Waals surface area contributed by atoms with Crippen LogP contribution < -0.4 is 5.32 Å². The SMILES string of the molecule is CN(CCc1ccc(C2=NCCN2)cc1)C(=O)CN(C)S(=O)(=O)c1cccc(Cl)c1Cl.Cl. The second-order valence-corrected chi connectivity index (χ2v) is 10.0. The molecule has 0 saturated heterocycles. The van der Waals surface area contributed by atoms with E-state index in [4.69, 9.17) is 23.2 Å². The highest BCUT2D eigenvalue weighted by Crippen LogP contribution is 2.30. The number of benzene rings is 2. The lowest BCUT2D eigenvalue weighted by Gasteiger charge is -2.22. The molecular formula is C21H25Cl3N4O3S. The number of amidine groups is 1. The number of halogens is 3. The number of nitrogens with one attached hydrogen (secondary N) is 1. The molecule has 1 heterocycles. The van der Waals surface area contributed by atoms with Crippen LogP contribution in [-0.4, -0.2) is 69.6 Å². The molecule has 32 heavy (non-hydrogen) atoms. The molecule has 1 N–H and O–H groups in total. The molecule has 3 rings (SSSR count). The minimum atomic E-state index is -3.95. The molecule has 0 saturated carbocycles.